The molecule has 3 aromatic rings. The van der Waals surface area contributed by atoms with Crippen LogP contribution in [0.3, 0.4) is 0 Å². The first kappa shape index (κ1) is 19.9. The molecule has 0 fully saturated rings. The number of aryl methyl sites for hydroxylation is 1. The lowest BCUT2D eigenvalue weighted by Crippen LogP contribution is -2.26. The van der Waals surface area contributed by atoms with E-state index in [0.29, 0.717) is 5.92 Å². The molecule has 0 saturated heterocycles. The van der Waals surface area contributed by atoms with Crippen LogP contribution in [0.2, 0.25) is 0 Å². The number of fused-ring (bicyclic) bond motifs is 1. The van der Waals surface area contributed by atoms with E-state index in [2.05, 4.69) is 85.0 Å². The standard InChI is InChI=1S/C27H31NO/c1-3-28-18-17-23-13-14-25-19-24(15-16-26(25)27(23)29-2)22-11-9-21(10-12-22)20-7-5-4-6-8-20/h4-12,15-16,19,23,27-28H,3,13-14,17-18H2,1-2H3. The first-order chi connectivity index (χ1) is 14.3. The van der Waals surface area contributed by atoms with Crippen molar-refractivity contribution in [1.82, 2.24) is 5.32 Å². The minimum Gasteiger partial charge on any atom is -0.376 e. The molecular formula is C27H31NO. The van der Waals surface area contributed by atoms with Crippen LogP contribution in [0.4, 0.5) is 0 Å². The Morgan fingerprint density at radius 2 is 1.52 bits per heavy atom. The average molecular weight is 386 g/mol. The fraction of sp³-hybridized carbons (Fsp3) is 0.333. The Kier molecular flexibility index (Phi) is 6.43. The maximum Gasteiger partial charge on any atom is 0.0852 e. The zero-order valence-corrected chi connectivity index (χ0v) is 17.5. The third kappa shape index (κ3) is 4.44. The van der Waals surface area contributed by atoms with Crippen molar-refractivity contribution in [2.75, 3.05) is 20.2 Å². The van der Waals surface area contributed by atoms with E-state index >= 15 is 0 Å². The number of hydrogen-bond acceptors (Lipinski definition) is 2. The summed E-state index contributed by atoms with van der Waals surface area (Å²) in [5.41, 5.74) is 7.91. The van der Waals surface area contributed by atoms with Crippen molar-refractivity contribution in [1.29, 1.82) is 0 Å². The van der Waals surface area contributed by atoms with E-state index in [1.807, 2.05) is 7.11 Å². The van der Waals surface area contributed by atoms with Crippen molar-refractivity contribution in [3.05, 3.63) is 83.9 Å². The van der Waals surface area contributed by atoms with E-state index in [1.165, 1.54) is 46.2 Å². The van der Waals surface area contributed by atoms with Gasteiger partial charge in [-0.3, -0.25) is 0 Å². The van der Waals surface area contributed by atoms with Crippen LogP contribution >= 0.6 is 0 Å². The van der Waals surface area contributed by atoms with Gasteiger partial charge in [0.25, 0.3) is 0 Å². The van der Waals surface area contributed by atoms with Gasteiger partial charge in [0.05, 0.1) is 6.10 Å². The molecule has 0 aromatic heterocycles. The monoisotopic (exact) mass is 385 g/mol. The van der Waals surface area contributed by atoms with Gasteiger partial charge in [0.2, 0.25) is 0 Å². The number of nitrogens with one attached hydrogen (secondary N) is 1. The third-order valence-corrected chi connectivity index (χ3v) is 6.18. The summed E-state index contributed by atoms with van der Waals surface area (Å²) in [5.74, 6) is 0.600. The highest BCUT2D eigenvalue weighted by Crippen LogP contribution is 2.40. The Labute approximate surface area is 174 Å². The molecule has 3 aromatic carbocycles. The van der Waals surface area contributed by atoms with Gasteiger partial charge >= 0.3 is 0 Å². The predicted octanol–water partition coefficient (Wildman–Crippen LogP) is 6.27. The Hall–Kier alpha value is -2.42. The van der Waals surface area contributed by atoms with Gasteiger partial charge in [-0.25, -0.2) is 0 Å². The number of methoxy groups -OCH3 is 1. The number of rotatable bonds is 7. The Balaban J connectivity index is 1.54. The minimum atomic E-state index is 0.215. The first-order valence-electron chi connectivity index (χ1n) is 10.8. The molecule has 1 aliphatic rings. The fourth-order valence-corrected chi connectivity index (χ4v) is 4.59. The van der Waals surface area contributed by atoms with Crippen molar-refractivity contribution in [3.8, 4) is 22.3 Å². The van der Waals surface area contributed by atoms with E-state index in [9.17, 15) is 0 Å². The molecule has 0 spiro atoms. The van der Waals surface area contributed by atoms with Crippen LogP contribution < -0.4 is 5.32 Å². The molecule has 2 atom stereocenters. The Morgan fingerprint density at radius 1 is 0.862 bits per heavy atom. The molecule has 2 unspecified atom stereocenters. The highest BCUT2D eigenvalue weighted by atomic mass is 16.5. The highest BCUT2D eigenvalue weighted by molar-refractivity contribution is 5.71. The van der Waals surface area contributed by atoms with Crippen molar-refractivity contribution >= 4 is 0 Å². The Bertz CT molecular complexity index is 917. The maximum atomic E-state index is 5.94. The van der Waals surface area contributed by atoms with Crippen LogP contribution in [-0.4, -0.2) is 20.2 Å². The Morgan fingerprint density at radius 3 is 2.21 bits per heavy atom. The van der Waals surface area contributed by atoms with Gasteiger partial charge in [-0.05, 0) is 71.7 Å². The van der Waals surface area contributed by atoms with Crippen LogP contribution in [-0.2, 0) is 11.2 Å². The van der Waals surface area contributed by atoms with E-state index in [4.69, 9.17) is 4.74 Å². The van der Waals surface area contributed by atoms with Crippen LogP contribution in [0.25, 0.3) is 22.3 Å². The van der Waals surface area contributed by atoms with Crippen molar-refractivity contribution in [2.24, 2.45) is 5.92 Å². The number of hydrogen-bond donors (Lipinski definition) is 1. The van der Waals surface area contributed by atoms with Gasteiger partial charge in [0, 0.05) is 7.11 Å². The molecule has 29 heavy (non-hydrogen) atoms. The SMILES string of the molecule is CCNCCC1CCc2cc(-c3ccc(-c4ccccc4)cc3)ccc2C1OC. The molecule has 0 heterocycles. The van der Waals surface area contributed by atoms with Gasteiger partial charge in [-0.15, -0.1) is 0 Å². The van der Waals surface area contributed by atoms with Crippen LogP contribution in [0.5, 0.6) is 0 Å². The van der Waals surface area contributed by atoms with Crippen molar-refractivity contribution < 1.29 is 4.74 Å². The molecule has 1 aliphatic carbocycles. The second kappa shape index (κ2) is 9.39. The first-order valence-corrected chi connectivity index (χ1v) is 10.8. The largest absolute Gasteiger partial charge is 0.376 e. The van der Waals surface area contributed by atoms with E-state index in [-0.39, 0.29) is 6.10 Å². The van der Waals surface area contributed by atoms with Crippen LogP contribution in [0.15, 0.2) is 72.8 Å². The second-order valence-corrected chi connectivity index (χ2v) is 7.95. The normalized spacial score (nSPS) is 18.4. The van der Waals surface area contributed by atoms with E-state index in [1.54, 1.807) is 0 Å². The lowest BCUT2D eigenvalue weighted by atomic mass is 9.78. The molecule has 1 N–H and O–H groups in total. The second-order valence-electron chi connectivity index (χ2n) is 7.95. The summed E-state index contributed by atoms with van der Waals surface area (Å²) in [6, 6.07) is 26.4. The molecule has 4 rings (SSSR count). The lowest BCUT2D eigenvalue weighted by Gasteiger charge is -2.33. The molecule has 0 aliphatic heterocycles. The third-order valence-electron chi connectivity index (χ3n) is 6.18. The molecular weight excluding hydrogens is 354 g/mol. The molecule has 0 bridgehead atoms. The topological polar surface area (TPSA) is 21.3 Å². The molecule has 0 saturated carbocycles. The molecule has 0 amide bonds. The summed E-state index contributed by atoms with van der Waals surface area (Å²) in [5, 5.41) is 3.46. The molecule has 2 nitrogen and oxygen atoms in total. The van der Waals surface area contributed by atoms with E-state index < -0.39 is 0 Å². The molecule has 2 heteroatoms. The van der Waals surface area contributed by atoms with Crippen LogP contribution in [0, 0.1) is 5.92 Å². The highest BCUT2D eigenvalue weighted by Gasteiger charge is 2.29. The van der Waals surface area contributed by atoms with Gasteiger partial charge in [0.1, 0.15) is 0 Å². The van der Waals surface area contributed by atoms with Crippen molar-refractivity contribution in [3.63, 3.8) is 0 Å². The lowest BCUT2D eigenvalue weighted by molar-refractivity contribution is 0.0371. The number of ether oxygens (including phenoxy) is 1. The summed E-state index contributed by atoms with van der Waals surface area (Å²) in [4.78, 5) is 0. The number of benzene rings is 3. The summed E-state index contributed by atoms with van der Waals surface area (Å²) >= 11 is 0. The zero-order valence-electron chi connectivity index (χ0n) is 17.5. The smallest absolute Gasteiger partial charge is 0.0852 e. The summed E-state index contributed by atoms with van der Waals surface area (Å²) < 4.78 is 5.94. The molecule has 150 valence electrons. The van der Waals surface area contributed by atoms with Gasteiger partial charge < -0.3 is 10.1 Å². The summed E-state index contributed by atoms with van der Waals surface area (Å²) in [7, 11) is 1.86. The van der Waals surface area contributed by atoms with Gasteiger partial charge in [-0.2, -0.15) is 0 Å². The quantitative estimate of drug-likeness (QED) is 0.484. The van der Waals surface area contributed by atoms with E-state index in [0.717, 1.165) is 19.5 Å². The zero-order chi connectivity index (χ0) is 20.1. The van der Waals surface area contributed by atoms with Gasteiger partial charge in [0.15, 0.2) is 0 Å². The minimum absolute atomic E-state index is 0.215. The van der Waals surface area contributed by atoms with Crippen molar-refractivity contribution in [2.45, 2.75) is 32.3 Å². The average Bonchev–Trinajstić information content (AvgIpc) is 2.79. The predicted molar refractivity (Wildman–Crippen MR) is 122 cm³/mol. The summed E-state index contributed by atoms with van der Waals surface area (Å²) in [6.45, 7) is 4.27. The summed E-state index contributed by atoms with van der Waals surface area (Å²) in [6.07, 6.45) is 3.73. The van der Waals surface area contributed by atoms with Gasteiger partial charge in [-0.1, -0.05) is 79.7 Å². The molecule has 0 radical (unpaired) electrons. The van der Waals surface area contributed by atoms with Crippen LogP contribution in [0.1, 0.15) is 37.0 Å². The fourth-order valence-electron chi connectivity index (χ4n) is 4.59. The maximum absolute atomic E-state index is 5.94.